The number of thiophene rings is 1. The van der Waals surface area contributed by atoms with Crippen molar-refractivity contribution in [2.24, 2.45) is 5.92 Å². The van der Waals surface area contributed by atoms with Gasteiger partial charge in [-0.05, 0) is 23.8 Å². The molecule has 0 radical (unpaired) electrons. The Balaban J connectivity index is 1.74. The molecule has 1 atom stereocenters. The van der Waals surface area contributed by atoms with Gasteiger partial charge in [0.2, 0.25) is 5.91 Å². The predicted octanol–water partition coefficient (Wildman–Crippen LogP) is 1.57. The molecular weight excluding hydrogens is 338 g/mol. The van der Waals surface area contributed by atoms with Gasteiger partial charge in [-0.25, -0.2) is 4.79 Å². The number of amides is 1. The Morgan fingerprint density at radius 1 is 1.24 bits per heavy atom. The average molecular weight is 368 g/mol. The second-order valence-corrected chi connectivity index (χ2v) is 7.94. The van der Waals surface area contributed by atoms with Crippen LogP contribution in [-0.2, 0) is 20.9 Å². The summed E-state index contributed by atoms with van der Waals surface area (Å²) >= 11 is 1.78. The van der Waals surface area contributed by atoms with Gasteiger partial charge in [-0.1, -0.05) is 19.9 Å². The average Bonchev–Trinajstić information content (AvgIpc) is 3.08. The molecule has 1 aliphatic heterocycles. The summed E-state index contributed by atoms with van der Waals surface area (Å²) in [5, 5.41) is 4.93. The molecule has 1 amide bonds. The van der Waals surface area contributed by atoms with Gasteiger partial charge < -0.3 is 10.1 Å². The number of carbonyl (C=O) groups is 2. The Morgan fingerprint density at radius 2 is 1.92 bits per heavy atom. The van der Waals surface area contributed by atoms with Crippen molar-refractivity contribution in [2.45, 2.75) is 32.9 Å². The molecule has 140 valence electrons. The molecule has 1 saturated heterocycles. The molecule has 6 nitrogen and oxygen atoms in total. The SMILES string of the molecule is COC(=O)C(CC(C)C)NC(=O)CN1CCN(Cc2cccs2)CC1. The molecular formula is C18H29N3O3S. The smallest absolute Gasteiger partial charge is 0.328 e. The highest BCUT2D eigenvalue weighted by atomic mass is 32.1. The molecule has 0 aromatic carbocycles. The minimum Gasteiger partial charge on any atom is -0.467 e. The third-order valence-electron chi connectivity index (χ3n) is 4.32. The van der Waals surface area contributed by atoms with Crippen molar-refractivity contribution in [1.29, 1.82) is 0 Å². The lowest BCUT2D eigenvalue weighted by Gasteiger charge is -2.34. The van der Waals surface area contributed by atoms with Crippen molar-refractivity contribution in [3.05, 3.63) is 22.4 Å². The molecule has 1 N–H and O–H groups in total. The first kappa shape index (κ1) is 19.9. The molecule has 1 aromatic rings. The summed E-state index contributed by atoms with van der Waals surface area (Å²) in [7, 11) is 1.36. The Hall–Kier alpha value is -1.44. The van der Waals surface area contributed by atoms with Crippen LogP contribution in [0.4, 0.5) is 0 Å². The first-order chi connectivity index (χ1) is 12.0. The number of esters is 1. The second kappa shape index (κ2) is 9.89. The molecule has 25 heavy (non-hydrogen) atoms. The summed E-state index contributed by atoms with van der Waals surface area (Å²) in [5.74, 6) is -0.171. The van der Waals surface area contributed by atoms with E-state index >= 15 is 0 Å². The van der Waals surface area contributed by atoms with E-state index < -0.39 is 6.04 Å². The summed E-state index contributed by atoms with van der Waals surface area (Å²) < 4.78 is 4.80. The highest BCUT2D eigenvalue weighted by Gasteiger charge is 2.24. The van der Waals surface area contributed by atoms with E-state index in [4.69, 9.17) is 4.74 Å². The van der Waals surface area contributed by atoms with Crippen LogP contribution in [0, 0.1) is 5.92 Å². The van der Waals surface area contributed by atoms with Crippen LogP contribution < -0.4 is 5.32 Å². The van der Waals surface area contributed by atoms with Gasteiger partial charge in [-0.2, -0.15) is 0 Å². The number of nitrogens with zero attached hydrogens (tertiary/aromatic N) is 2. The second-order valence-electron chi connectivity index (χ2n) is 6.90. The van der Waals surface area contributed by atoms with Gasteiger partial charge in [0.15, 0.2) is 0 Å². The fourth-order valence-corrected chi connectivity index (χ4v) is 3.75. The van der Waals surface area contributed by atoms with E-state index in [2.05, 4.69) is 32.6 Å². The number of piperazine rings is 1. The minimum absolute atomic E-state index is 0.109. The molecule has 1 fully saturated rings. The molecule has 7 heteroatoms. The molecule has 2 rings (SSSR count). The van der Waals surface area contributed by atoms with E-state index in [9.17, 15) is 9.59 Å². The first-order valence-corrected chi connectivity index (χ1v) is 9.70. The normalized spacial score (nSPS) is 17.4. The van der Waals surface area contributed by atoms with E-state index in [0.29, 0.717) is 18.9 Å². The van der Waals surface area contributed by atoms with E-state index in [1.54, 1.807) is 11.3 Å². The number of hydrogen-bond acceptors (Lipinski definition) is 6. The summed E-state index contributed by atoms with van der Waals surface area (Å²) in [6.45, 7) is 9.01. The van der Waals surface area contributed by atoms with Crippen molar-refractivity contribution in [3.8, 4) is 0 Å². The van der Waals surface area contributed by atoms with Crippen LogP contribution in [0.3, 0.4) is 0 Å². The molecule has 0 aliphatic carbocycles. The highest BCUT2D eigenvalue weighted by Crippen LogP contribution is 2.13. The Morgan fingerprint density at radius 3 is 2.48 bits per heavy atom. The first-order valence-electron chi connectivity index (χ1n) is 8.82. The topological polar surface area (TPSA) is 61.9 Å². The third kappa shape index (κ3) is 6.76. The van der Waals surface area contributed by atoms with Crippen LogP contribution in [-0.4, -0.2) is 67.6 Å². The molecule has 0 bridgehead atoms. The van der Waals surface area contributed by atoms with Crippen molar-refractivity contribution >= 4 is 23.2 Å². The molecule has 1 aromatic heterocycles. The fourth-order valence-electron chi connectivity index (χ4n) is 3.00. The van der Waals surface area contributed by atoms with E-state index in [1.807, 2.05) is 13.8 Å². The Bertz CT molecular complexity index is 540. The summed E-state index contributed by atoms with van der Waals surface area (Å²) in [4.78, 5) is 30.0. The van der Waals surface area contributed by atoms with Crippen molar-refractivity contribution in [1.82, 2.24) is 15.1 Å². The summed E-state index contributed by atoms with van der Waals surface area (Å²) in [6.07, 6.45) is 0.590. The Labute approximate surface area is 154 Å². The van der Waals surface area contributed by atoms with Gasteiger partial charge in [0.05, 0.1) is 13.7 Å². The molecule has 1 unspecified atom stereocenters. The Kier molecular flexibility index (Phi) is 7.87. The number of rotatable bonds is 8. The van der Waals surface area contributed by atoms with Crippen LogP contribution in [0.1, 0.15) is 25.1 Å². The van der Waals surface area contributed by atoms with E-state index in [0.717, 1.165) is 32.7 Å². The fraction of sp³-hybridized carbons (Fsp3) is 0.667. The van der Waals surface area contributed by atoms with Gasteiger partial charge in [-0.3, -0.25) is 14.6 Å². The largest absolute Gasteiger partial charge is 0.467 e. The van der Waals surface area contributed by atoms with Crippen molar-refractivity contribution in [3.63, 3.8) is 0 Å². The number of ether oxygens (including phenoxy) is 1. The lowest BCUT2D eigenvalue weighted by Crippen LogP contribution is -2.51. The lowest BCUT2D eigenvalue weighted by atomic mass is 10.0. The minimum atomic E-state index is -0.558. The quantitative estimate of drug-likeness (QED) is 0.707. The number of hydrogen-bond donors (Lipinski definition) is 1. The zero-order chi connectivity index (χ0) is 18.2. The summed E-state index contributed by atoms with van der Waals surface area (Å²) in [5.41, 5.74) is 0. The predicted molar refractivity (Wildman–Crippen MR) is 99.4 cm³/mol. The number of nitrogens with one attached hydrogen (secondary N) is 1. The summed E-state index contributed by atoms with van der Waals surface area (Å²) in [6, 6.07) is 3.68. The molecule has 0 spiro atoms. The number of carbonyl (C=O) groups excluding carboxylic acids is 2. The maximum absolute atomic E-state index is 12.3. The monoisotopic (exact) mass is 367 g/mol. The van der Waals surface area contributed by atoms with Crippen LogP contribution in [0.25, 0.3) is 0 Å². The van der Waals surface area contributed by atoms with Crippen LogP contribution >= 0.6 is 11.3 Å². The molecule has 0 saturated carbocycles. The maximum atomic E-state index is 12.3. The van der Waals surface area contributed by atoms with Crippen LogP contribution in [0.5, 0.6) is 0 Å². The maximum Gasteiger partial charge on any atom is 0.328 e. The van der Waals surface area contributed by atoms with Crippen LogP contribution in [0.15, 0.2) is 17.5 Å². The van der Waals surface area contributed by atoms with Gasteiger partial charge >= 0.3 is 5.97 Å². The van der Waals surface area contributed by atoms with E-state index in [1.165, 1.54) is 12.0 Å². The van der Waals surface area contributed by atoms with E-state index in [-0.39, 0.29) is 11.9 Å². The zero-order valence-corrected chi connectivity index (χ0v) is 16.2. The number of methoxy groups -OCH3 is 1. The van der Waals surface area contributed by atoms with Gasteiger partial charge in [0.1, 0.15) is 6.04 Å². The third-order valence-corrected chi connectivity index (χ3v) is 5.18. The lowest BCUT2D eigenvalue weighted by molar-refractivity contribution is -0.145. The molecule has 1 aliphatic rings. The van der Waals surface area contributed by atoms with Gasteiger partial charge in [0.25, 0.3) is 0 Å². The van der Waals surface area contributed by atoms with Gasteiger partial charge in [-0.15, -0.1) is 11.3 Å². The standard InChI is InChI=1S/C18H29N3O3S/c1-14(2)11-16(18(23)24-3)19-17(22)13-21-8-6-20(7-9-21)12-15-5-4-10-25-15/h4-5,10,14,16H,6-9,11-13H2,1-3H3,(H,19,22). The molecule has 2 heterocycles. The van der Waals surface area contributed by atoms with Gasteiger partial charge in [0, 0.05) is 37.6 Å². The van der Waals surface area contributed by atoms with Crippen molar-refractivity contribution < 1.29 is 14.3 Å². The zero-order valence-electron chi connectivity index (χ0n) is 15.4. The highest BCUT2D eigenvalue weighted by molar-refractivity contribution is 7.09. The van der Waals surface area contributed by atoms with Crippen molar-refractivity contribution in [2.75, 3.05) is 39.8 Å². The van der Waals surface area contributed by atoms with Crippen LogP contribution in [0.2, 0.25) is 0 Å².